The van der Waals surface area contributed by atoms with Gasteiger partial charge in [-0.3, -0.25) is 4.79 Å². The van der Waals surface area contributed by atoms with Crippen LogP contribution < -0.4 is 20.3 Å². The van der Waals surface area contributed by atoms with Gasteiger partial charge < -0.3 is 20.3 Å². The zero-order valence-corrected chi connectivity index (χ0v) is 19.0. The number of ether oxygens (including phenoxy) is 1. The quantitative estimate of drug-likeness (QED) is 0.521. The molecule has 0 bridgehead atoms. The lowest BCUT2D eigenvalue weighted by Crippen LogP contribution is -2.30. The first-order valence-electron chi connectivity index (χ1n) is 10.6. The van der Waals surface area contributed by atoms with Crippen LogP contribution in [0.15, 0.2) is 42.9 Å². The highest BCUT2D eigenvalue weighted by molar-refractivity contribution is 6.32. The molecule has 0 spiro atoms. The lowest BCUT2D eigenvalue weighted by molar-refractivity contribution is 0.0950. The van der Waals surface area contributed by atoms with E-state index in [0.717, 1.165) is 24.9 Å². The van der Waals surface area contributed by atoms with Gasteiger partial charge in [-0.05, 0) is 43.5 Å². The van der Waals surface area contributed by atoms with E-state index >= 15 is 0 Å². The summed E-state index contributed by atoms with van der Waals surface area (Å²) in [5.74, 6) is 1.77. The third kappa shape index (κ3) is 5.48. The lowest BCUT2D eigenvalue weighted by Gasteiger charge is -2.22. The molecule has 0 saturated carbocycles. The molecule has 1 aromatic carbocycles. The Morgan fingerprint density at radius 1 is 1.27 bits per heavy atom. The maximum atomic E-state index is 12.9. The van der Waals surface area contributed by atoms with E-state index in [0.29, 0.717) is 40.5 Å². The summed E-state index contributed by atoms with van der Waals surface area (Å²) in [4.78, 5) is 32.4. The first kappa shape index (κ1) is 22.7. The van der Waals surface area contributed by atoms with Gasteiger partial charge >= 0.3 is 0 Å². The van der Waals surface area contributed by atoms with Crippen LogP contribution in [0.25, 0.3) is 0 Å². The van der Waals surface area contributed by atoms with Gasteiger partial charge in [-0.2, -0.15) is 4.98 Å². The predicted octanol–water partition coefficient (Wildman–Crippen LogP) is 3.27. The number of anilines is 2. The Morgan fingerprint density at radius 3 is 2.79 bits per heavy atom. The minimum absolute atomic E-state index is 0.105. The molecule has 171 valence electrons. The fourth-order valence-electron chi connectivity index (χ4n) is 3.59. The summed E-state index contributed by atoms with van der Waals surface area (Å²) in [7, 11) is 1.57. The van der Waals surface area contributed by atoms with Crippen LogP contribution in [-0.4, -0.2) is 45.5 Å². The van der Waals surface area contributed by atoms with E-state index in [9.17, 15) is 4.79 Å². The number of hydrogen-bond acceptors (Lipinski definition) is 8. The molecule has 0 aliphatic carbocycles. The third-order valence-corrected chi connectivity index (χ3v) is 5.65. The molecule has 2 aromatic heterocycles. The Morgan fingerprint density at radius 2 is 2.09 bits per heavy atom. The summed E-state index contributed by atoms with van der Waals surface area (Å²) < 4.78 is 5.21. The van der Waals surface area contributed by atoms with E-state index in [1.807, 2.05) is 12.1 Å². The second kappa shape index (κ2) is 10.4. The van der Waals surface area contributed by atoms with Crippen molar-refractivity contribution in [2.24, 2.45) is 0 Å². The third-order valence-electron chi connectivity index (χ3n) is 5.36. The maximum absolute atomic E-state index is 12.9. The molecule has 9 nitrogen and oxygen atoms in total. The highest BCUT2D eigenvalue weighted by Crippen LogP contribution is 2.27. The van der Waals surface area contributed by atoms with E-state index in [2.05, 4.69) is 42.4 Å². The van der Waals surface area contributed by atoms with Crippen LogP contribution >= 0.6 is 11.6 Å². The van der Waals surface area contributed by atoms with Crippen LogP contribution in [0.5, 0.6) is 5.75 Å². The summed E-state index contributed by atoms with van der Waals surface area (Å²) >= 11 is 6.25. The number of nitrogens with zero attached hydrogens (tertiary/aromatic N) is 5. The summed E-state index contributed by atoms with van der Waals surface area (Å²) in [5, 5.41) is 6.60. The molecule has 3 heterocycles. The summed E-state index contributed by atoms with van der Waals surface area (Å²) in [5.41, 5.74) is 1.25. The number of methoxy groups -OCH3 is 1. The number of hydrogen-bond donors (Lipinski definition) is 2. The number of rotatable bonds is 8. The van der Waals surface area contributed by atoms with Crippen molar-refractivity contribution in [2.75, 3.05) is 23.9 Å². The second-order valence-corrected chi connectivity index (χ2v) is 8.00. The number of benzene rings is 1. The highest BCUT2D eigenvalue weighted by Gasteiger charge is 2.24. The molecule has 1 aliphatic rings. The Kier molecular flexibility index (Phi) is 7.19. The van der Waals surface area contributed by atoms with Crippen molar-refractivity contribution in [3.05, 3.63) is 71.8 Å². The zero-order chi connectivity index (χ0) is 23.2. The number of carbonyl (C=O) groups excluding carboxylic acids is 1. The van der Waals surface area contributed by atoms with E-state index in [4.69, 9.17) is 16.3 Å². The van der Waals surface area contributed by atoms with Crippen LogP contribution in [0.3, 0.4) is 0 Å². The smallest absolute Gasteiger partial charge is 0.256 e. The predicted molar refractivity (Wildman–Crippen MR) is 126 cm³/mol. The van der Waals surface area contributed by atoms with Crippen molar-refractivity contribution < 1.29 is 9.53 Å². The van der Waals surface area contributed by atoms with E-state index in [1.165, 1.54) is 6.20 Å². The topological polar surface area (TPSA) is 105 Å². The molecule has 1 atom stereocenters. The lowest BCUT2D eigenvalue weighted by atomic mass is 10.2. The van der Waals surface area contributed by atoms with Gasteiger partial charge in [0.05, 0.1) is 18.7 Å². The van der Waals surface area contributed by atoms with Gasteiger partial charge in [0.15, 0.2) is 0 Å². The van der Waals surface area contributed by atoms with Gasteiger partial charge in [0.25, 0.3) is 5.91 Å². The largest absolute Gasteiger partial charge is 0.495 e. The van der Waals surface area contributed by atoms with Crippen molar-refractivity contribution >= 4 is 29.3 Å². The molecule has 1 amide bonds. The number of nitrogens with one attached hydrogen (secondary N) is 2. The second-order valence-electron chi connectivity index (χ2n) is 7.59. The normalized spacial score (nSPS) is 15.4. The first-order chi connectivity index (χ1) is 16.0. The molecule has 4 rings (SSSR count). The van der Waals surface area contributed by atoms with Gasteiger partial charge in [0.1, 0.15) is 23.0 Å². The van der Waals surface area contributed by atoms with Crippen molar-refractivity contribution in [1.29, 1.82) is 0 Å². The SMILES string of the molecule is [CH2]C1CCCN1c1ncc(C(=O)NCc2ncccn2)c(NCc2ccc(OC)c(Cl)c2)n1. The Hall–Kier alpha value is -3.46. The molecular weight excluding hydrogens is 442 g/mol. The Balaban J connectivity index is 1.55. The van der Waals surface area contributed by atoms with E-state index in [1.54, 1.807) is 31.6 Å². The molecule has 2 N–H and O–H groups in total. The molecule has 1 saturated heterocycles. The Labute approximate surface area is 197 Å². The standard InChI is InChI=1S/C23H25ClN7O2/c1-15-5-3-10-31(15)23-29-13-17(22(32)28-14-20-25-8-4-9-26-20)21(30-23)27-12-16-6-7-19(33-2)18(24)11-16/h4,6-9,11,13,15H,1,3,5,10,12,14H2,2H3,(H,28,32)(H,27,29,30). The molecule has 1 aliphatic heterocycles. The first-order valence-corrected chi connectivity index (χ1v) is 11.0. The number of amides is 1. The molecule has 1 unspecified atom stereocenters. The summed E-state index contributed by atoms with van der Waals surface area (Å²) in [6, 6.07) is 7.34. The molecule has 1 radical (unpaired) electrons. The minimum atomic E-state index is -0.322. The Bertz CT molecular complexity index is 1110. The molecule has 3 aromatic rings. The molecule has 10 heteroatoms. The van der Waals surface area contributed by atoms with Gasteiger partial charge in [-0.25, -0.2) is 15.0 Å². The minimum Gasteiger partial charge on any atom is -0.495 e. The fraction of sp³-hybridized carbons (Fsp3) is 0.304. The molecule has 33 heavy (non-hydrogen) atoms. The van der Waals surface area contributed by atoms with Crippen LogP contribution in [-0.2, 0) is 13.1 Å². The van der Waals surface area contributed by atoms with Crippen LogP contribution in [0.2, 0.25) is 5.02 Å². The van der Waals surface area contributed by atoms with Crippen molar-refractivity contribution in [3.63, 3.8) is 0 Å². The van der Waals surface area contributed by atoms with Crippen molar-refractivity contribution in [1.82, 2.24) is 25.3 Å². The van der Waals surface area contributed by atoms with E-state index < -0.39 is 0 Å². The van der Waals surface area contributed by atoms with Crippen LogP contribution in [0.4, 0.5) is 11.8 Å². The van der Waals surface area contributed by atoms with Crippen molar-refractivity contribution in [3.8, 4) is 5.75 Å². The fourth-order valence-corrected chi connectivity index (χ4v) is 3.87. The van der Waals surface area contributed by atoms with Gasteiger partial charge in [-0.1, -0.05) is 17.7 Å². The number of aromatic nitrogens is 4. The van der Waals surface area contributed by atoms with Gasteiger partial charge in [0.2, 0.25) is 5.95 Å². The van der Waals surface area contributed by atoms with E-state index in [-0.39, 0.29) is 18.5 Å². The average molecular weight is 467 g/mol. The number of carbonyl (C=O) groups is 1. The summed E-state index contributed by atoms with van der Waals surface area (Å²) in [6.45, 7) is 5.61. The zero-order valence-electron chi connectivity index (χ0n) is 18.3. The summed E-state index contributed by atoms with van der Waals surface area (Å²) in [6.07, 6.45) is 6.81. The van der Waals surface area contributed by atoms with Gasteiger partial charge in [0, 0.05) is 37.7 Å². The molecule has 1 fully saturated rings. The van der Waals surface area contributed by atoms with Gasteiger partial charge in [-0.15, -0.1) is 0 Å². The van der Waals surface area contributed by atoms with Crippen LogP contribution in [0.1, 0.15) is 34.6 Å². The van der Waals surface area contributed by atoms with Crippen molar-refractivity contribution in [2.45, 2.75) is 32.0 Å². The van der Waals surface area contributed by atoms with Crippen LogP contribution in [0, 0.1) is 6.92 Å². The highest BCUT2D eigenvalue weighted by atomic mass is 35.5. The average Bonchev–Trinajstić information content (AvgIpc) is 3.27. The molecular formula is C23H25ClN7O2. The maximum Gasteiger partial charge on any atom is 0.256 e. The monoisotopic (exact) mass is 466 g/mol. The number of halogens is 1.